The molecule has 0 fully saturated rings. The molecule has 4 heteroatoms. The van der Waals surface area contributed by atoms with E-state index in [0.29, 0.717) is 0 Å². The van der Waals surface area contributed by atoms with Crippen molar-refractivity contribution < 1.29 is 0 Å². The number of anilines is 3. The van der Waals surface area contributed by atoms with E-state index in [9.17, 15) is 0 Å². The van der Waals surface area contributed by atoms with E-state index in [2.05, 4.69) is 204 Å². The molecule has 4 nitrogen and oxygen atoms in total. The molecular formula is C50H34N4. The van der Waals surface area contributed by atoms with E-state index in [1.807, 2.05) is 12.1 Å². The minimum atomic E-state index is 0.854. The summed E-state index contributed by atoms with van der Waals surface area (Å²) in [6, 6.07) is 72.5. The van der Waals surface area contributed by atoms with Gasteiger partial charge in [-0.1, -0.05) is 140 Å². The molecular weight excluding hydrogens is 657 g/mol. The molecule has 2 heterocycles. The Bertz CT molecular complexity index is 2900. The number of hydrogen-bond donors (Lipinski definition) is 0. The van der Waals surface area contributed by atoms with Gasteiger partial charge in [-0.15, -0.1) is 0 Å². The minimum Gasteiger partial charge on any atom is -0.310 e. The molecule has 2 aromatic heterocycles. The zero-order valence-electron chi connectivity index (χ0n) is 29.4. The first-order valence-corrected chi connectivity index (χ1v) is 18.3. The minimum absolute atomic E-state index is 0.854. The van der Waals surface area contributed by atoms with E-state index in [4.69, 9.17) is 9.97 Å². The van der Waals surface area contributed by atoms with Gasteiger partial charge in [0.15, 0.2) is 0 Å². The summed E-state index contributed by atoms with van der Waals surface area (Å²) in [6.45, 7) is 0. The second-order valence-corrected chi connectivity index (χ2v) is 13.4. The Morgan fingerprint density at radius 2 is 0.926 bits per heavy atom. The smallest absolute Gasteiger partial charge is 0.0973 e. The maximum Gasteiger partial charge on any atom is 0.0973 e. The molecule has 8 aromatic carbocycles. The Kier molecular flexibility index (Phi) is 7.77. The molecule has 0 aliphatic heterocycles. The normalized spacial score (nSPS) is 11.3. The third-order valence-corrected chi connectivity index (χ3v) is 10.2. The quantitative estimate of drug-likeness (QED) is 0.167. The lowest BCUT2D eigenvalue weighted by atomic mass is 10.0. The second-order valence-electron chi connectivity index (χ2n) is 13.4. The highest BCUT2D eigenvalue weighted by atomic mass is 15.1. The van der Waals surface area contributed by atoms with Crippen molar-refractivity contribution >= 4 is 49.9 Å². The summed E-state index contributed by atoms with van der Waals surface area (Å²) in [5, 5.41) is 2.43. The fourth-order valence-electron chi connectivity index (χ4n) is 7.67. The van der Waals surface area contributed by atoms with Crippen LogP contribution in [0.2, 0.25) is 0 Å². The molecule has 0 saturated heterocycles. The predicted octanol–water partition coefficient (Wildman–Crippen LogP) is 13.2. The molecule has 0 radical (unpaired) electrons. The van der Waals surface area contributed by atoms with E-state index in [1.54, 1.807) is 0 Å². The first-order valence-electron chi connectivity index (χ1n) is 18.3. The molecule has 54 heavy (non-hydrogen) atoms. The Balaban J connectivity index is 1.11. The molecule has 0 bridgehead atoms. The van der Waals surface area contributed by atoms with Crippen LogP contribution in [0.4, 0.5) is 17.1 Å². The summed E-state index contributed by atoms with van der Waals surface area (Å²) in [5.74, 6) is 0. The summed E-state index contributed by atoms with van der Waals surface area (Å²) >= 11 is 0. The Morgan fingerprint density at radius 3 is 1.67 bits per heavy atom. The van der Waals surface area contributed by atoms with Gasteiger partial charge in [0.05, 0.1) is 33.5 Å². The summed E-state index contributed by atoms with van der Waals surface area (Å²) in [5.41, 5.74) is 14.4. The first-order chi connectivity index (χ1) is 26.8. The van der Waals surface area contributed by atoms with Gasteiger partial charge in [-0.2, -0.15) is 0 Å². The fourth-order valence-corrected chi connectivity index (χ4v) is 7.67. The average Bonchev–Trinajstić information content (AvgIpc) is 3.58. The maximum absolute atomic E-state index is 5.35. The van der Waals surface area contributed by atoms with Crippen molar-refractivity contribution in [3.63, 3.8) is 0 Å². The van der Waals surface area contributed by atoms with E-state index >= 15 is 0 Å². The third kappa shape index (κ3) is 5.49. The van der Waals surface area contributed by atoms with Crippen molar-refractivity contribution in [1.82, 2.24) is 14.5 Å². The third-order valence-electron chi connectivity index (χ3n) is 10.2. The van der Waals surface area contributed by atoms with Crippen LogP contribution >= 0.6 is 0 Å². The van der Waals surface area contributed by atoms with Crippen LogP contribution in [-0.4, -0.2) is 14.5 Å². The first kappa shape index (κ1) is 31.4. The average molecular weight is 691 g/mol. The zero-order valence-corrected chi connectivity index (χ0v) is 29.4. The van der Waals surface area contributed by atoms with Crippen molar-refractivity contribution in [3.8, 4) is 39.3 Å². The molecule has 0 unspecified atom stereocenters. The lowest BCUT2D eigenvalue weighted by Gasteiger charge is -2.26. The topological polar surface area (TPSA) is 34.0 Å². The SMILES string of the molecule is c1ccc(-c2nc3c(-c4ccccc4)cccc3nc2-c2ccc(N(c3ccccc3)c3ccc4c(c3)c3ccccc3n4-c3ccccc3)cc2)cc1. The number of hydrogen-bond acceptors (Lipinski definition) is 3. The van der Waals surface area contributed by atoms with E-state index in [0.717, 1.165) is 67.4 Å². The van der Waals surface area contributed by atoms with Gasteiger partial charge < -0.3 is 9.47 Å². The molecule has 254 valence electrons. The molecule has 0 spiro atoms. The van der Waals surface area contributed by atoms with Gasteiger partial charge in [0.2, 0.25) is 0 Å². The number of para-hydroxylation sites is 4. The maximum atomic E-state index is 5.35. The van der Waals surface area contributed by atoms with Crippen LogP contribution in [0.1, 0.15) is 0 Å². The highest BCUT2D eigenvalue weighted by Gasteiger charge is 2.19. The molecule has 0 aliphatic carbocycles. The largest absolute Gasteiger partial charge is 0.310 e. The van der Waals surface area contributed by atoms with Crippen LogP contribution in [0.25, 0.3) is 72.2 Å². The van der Waals surface area contributed by atoms with Crippen molar-refractivity contribution in [2.45, 2.75) is 0 Å². The van der Waals surface area contributed by atoms with Gasteiger partial charge in [0.25, 0.3) is 0 Å². The van der Waals surface area contributed by atoms with Gasteiger partial charge in [-0.25, -0.2) is 9.97 Å². The zero-order chi connectivity index (χ0) is 35.8. The van der Waals surface area contributed by atoms with Crippen molar-refractivity contribution in [2.75, 3.05) is 4.90 Å². The van der Waals surface area contributed by atoms with Crippen LogP contribution < -0.4 is 4.90 Å². The van der Waals surface area contributed by atoms with Crippen LogP contribution in [0, 0.1) is 0 Å². The standard InChI is InChI=1S/C50H34N4/c1-5-16-35(17-6-1)42-25-15-26-45-50(42)52-49(36-18-7-2-8-19-36)48(51-45)37-28-30-40(31-29-37)53(38-20-9-3-10-21-38)41-32-33-47-44(34-41)43-24-13-14-27-46(43)54(47)39-22-11-4-12-23-39/h1-34H. The highest BCUT2D eigenvalue weighted by Crippen LogP contribution is 2.41. The van der Waals surface area contributed by atoms with E-state index < -0.39 is 0 Å². The Hall–Kier alpha value is -7.30. The van der Waals surface area contributed by atoms with Crippen molar-refractivity contribution in [2.24, 2.45) is 0 Å². The van der Waals surface area contributed by atoms with E-state index in [-0.39, 0.29) is 0 Å². The molecule has 0 amide bonds. The number of fused-ring (bicyclic) bond motifs is 4. The molecule has 10 rings (SSSR count). The van der Waals surface area contributed by atoms with Crippen LogP contribution in [-0.2, 0) is 0 Å². The number of rotatable bonds is 7. The summed E-state index contributed by atoms with van der Waals surface area (Å²) < 4.78 is 2.35. The monoisotopic (exact) mass is 690 g/mol. The van der Waals surface area contributed by atoms with Gasteiger partial charge >= 0.3 is 0 Å². The molecule has 0 N–H and O–H groups in total. The Morgan fingerprint density at radius 1 is 0.370 bits per heavy atom. The number of aromatic nitrogens is 3. The Labute approximate surface area is 313 Å². The number of benzene rings is 8. The second kappa shape index (κ2) is 13.4. The summed E-state index contributed by atoms with van der Waals surface area (Å²) in [7, 11) is 0. The highest BCUT2D eigenvalue weighted by molar-refractivity contribution is 6.10. The summed E-state index contributed by atoms with van der Waals surface area (Å²) in [4.78, 5) is 13.0. The van der Waals surface area contributed by atoms with Crippen LogP contribution in [0.5, 0.6) is 0 Å². The molecule has 0 aliphatic rings. The van der Waals surface area contributed by atoms with Crippen LogP contribution in [0.3, 0.4) is 0 Å². The molecule has 10 aromatic rings. The lowest BCUT2D eigenvalue weighted by molar-refractivity contribution is 1.18. The van der Waals surface area contributed by atoms with Gasteiger partial charge in [-0.05, 0) is 72.3 Å². The molecule has 0 atom stereocenters. The predicted molar refractivity (Wildman–Crippen MR) is 225 cm³/mol. The van der Waals surface area contributed by atoms with Crippen molar-refractivity contribution in [3.05, 3.63) is 206 Å². The van der Waals surface area contributed by atoms with E-state index in [1.165, 1.54) is 21.8 Å². The van der Waals surface area contributed by atoms with Gasteiger partial charge in [0, 0.05) is 50.2 Å². The summed E-state index contributed by atoms with van der Waals surface area (Å²) in [6.07, 6.45) is 0. The lowest BCUT2D eigenvalue weighted by Crippen LogP contribution is -2.09. The fraction of sp³-hybridized carbons (Fsp3) is 0. The van der Waals surface area contributed by atoms with Gasteiger partial charge in [0.1, 0.15) is 0 Å². The van der Waals surface area contributed by atoms with Crippen LogP contribution in [0.15, 0.2) is 206 Å². The van der Waals surface area contributed by atoms with Crippen molar-refractivity contribution in [1.29, 1.82) is 0 Å². The van der Waals surface area contributed by atoms with Gasteiger partial charge in [-0.3, -0.25) is 0 Å². The number of nitrogens with zero attached hydrogens (tertiary/aromatic N) is 4. The molecule has 0 saturated carbocycles.